The predicted octanol–water partition coefficient (Wildman–Crippen LogP) is 7.86. The molecule has 200 valence electrons. The van der Waals surface area contributed by atoms with Gasteiger partial charge in [-0.1, -0.05) is 78.1 Å². The first-order valence-corrected chi connectivity index (χ1v) is 15.8. The van der Waals surface area contributed by atoms with Crippen molar-refractivity contribution in [2.45, 2.75) is 135 Å². The second kappa shape index (κ2) is 16.8. The van der Waals surface area contributed by atoms with Crippen molar-refractivity contribution in [2.24, 2.45) is 11.8 Å². The molecule has 5 heteroatoms. The van der Waals surface area contributed by atoms with Crippen molar-refractivity contribution in [3.8, 4) is 0 Å². The summed E-state index contributed by atoms with van der Waals surface area (Å²) in [6, 6.07) is 4.04. The maximum Gasteiger partial charge on any atom is 0.348 e. The molecule has 35 heavy (non-hydrogen) atoms. The van der Waals surface area contributed by atoms with Crippen LogP contribution in [0, 0.1) is 11.8 Å². The van der Waals surface area contributed by atoms with Crippen LogP contribution in [0.3, 0.4) is 0 Å². The first kappa shape index (κ1) is 28.7. The molecule has 1 aliphatic heterocycles. The number of esters is 1. The van der Waals surface area contributed by atoms with Gasteiger partial charge in [0.1, 0.15) is 11.0 Å². The molecule has 1 aliphatic carbocycles. The van der Waals surface area contributed by atoms with Crippen LogP contribution in [-0.4, -0.2) is 31.3 Å². The lowest BCUT2D eigenvalue weighted by molar-refractivity contribution is 0.0132. The van der Waals surface area contributed by atoms with Gasteiger partial charge in [-0.05, 0) is 68.9 Å². The molecule has 0 unspecified atom stereocenters. The summed E-state index contributed by atoms with van der Waals surface area (Å²) in [4.78, 5) is 14.7. The highest BCUT2D eigenvalue weighted by molar-refractivity contribution is 7.13. The van der Waals surface area contributed by atoms with Gasteiger partial charge in [0.15, 0.2) is 0 Å². The molecular weight excluding hydrogens is 452 g/mol. The van der Waals surface area contributed by atoms with Crippen molar-refractivity contribution < 1.29 is 9.53 Å². The molecule has 0 amide bonds. The summed E-state index contributed by atoms with van der Waals surface area (Å²) in [6.45, 7) is 6.80. The Morgan fingerprint density at radius 2 is 1.49 bits per heavy atom. The van der Waals surface area contributed by atoms with Gasteiger partial charge in [0.25, 0.3) is 0 Å². The third kappa shape index (κ3) is 10.5. The van der Waals surface area contributed by atoms with Gasteiger partial charge in [-0.25, -0.2) is 4.79 Å². The Balaban J connectivity index is 1.23. The maximum atomic E-state index is 12.6. The summed E-state index contributed by atoms with van der Waals surface area (Å²) in [5.74, 6) is 1.32. The van der Waals surface area contributed by atoms with E-state index in [1.165, 1.54) is 81.9 Å². The van der Waals surface area contributed by atoms with Crippen molar-refractivity contribution in [1.82, 2.24) is 10.6 Å². The fraction of sp³-hybridized carbons (Fsp3) is 0.833. The molecule has 2 N–H and O–H groups in total. The van der Waals surface area contributed by atoms with Crippen molar-refractivity contribution in [3.05, 3.63) is 21.9 Å². The summed E-state index contributed by atoms with van der Waals surface area (Å²) in [7, 11) is 0. The van der Waals surface area contributed by atoms with Crippen LogP contribution < -0.4 is 10.6 Å². The summed E-state index contributed by atoms with van der Waals surface area (Å²) < 4.78 is 5.88. The zero-order valence-corrected chi connectivity index (χ0v) is 23.4. The molecule has 0 radical (unpaired) electrons. The number of carbonyl (C=O) groups excluding carboxylic acids is 1. The van der Waals surface area contributed by atoms with Gasteiger partial charge in [0.2, 0.25) is 0 Å². The third-order valence-electron chi connectivity index (χ3n) is 8.07. The molecule has 4 nitrogen and oxygen atoms in total. The Labute approximate surface area is 219 Å². The molecular formula is C30H52N2O2S. The lowest BCUT2D eigenvalue weighted by Crippen LogP contribution is -2.56. The molecule has 0 spiro atoms. The highest BCUT2D eigenvalue weighted by atomic mass is 32.1. The molecule has 0 bridgehead atoms. The van der Waals surface area contributed by atoms with E-state index in [0.29, 0.717) is 12.1 Å². The molecule has 2 heterocycles. The van der Waals surface area contributed by atoms with Crippen LogP contribution in [0.1, 0.15) is 131 Å². The number of nitrogens with one attached hydrogen (secondary N) is 2. The predicted molar refractivity (Wildman–Crippen MR) is 149 cm³/mol. The Hall–Kier alpha value is -0.910. The zero-order valence-electron chi connectivity index (χ0n) is 22.6. The molecule has 0 aromatic carbocycles. The molecule has 2 fully saturated rings. The Morgan fingerprint density at radius 3 is 2.14 bits per heavy atom. The number of hydrogen-bond acceptors (Lipinski definition) is 5. The van der Waals surface area contributed by atoms with Crippen LogP contribution in [0.2, 0.25) is 0 Å². The number of unbranched alkanes of at least 4 members (excludes halogenated alkanes) is 9. The monoisotopic (exact) mass is 504 g/mol. The van der Waals surface area contributed by atoms with Crippen molar-refractivity contribution in [2.75, 3.05) is 13.1 Å². The van der Waals surface area contributed by atoms with E-state index in [-0.39, 0.29) is 12.1 Å². The van der Waals surface area contributed by atoms with Crippen molar-refractivity contribution in [3.63, 3.8) is 0 Å². The van der Waals surface area contributed by atoms with E-state index >= 15 is 0 Å². The van der Waals surface area contributed by atoms with E-state index in [9.17, 15) is 4.79 Å². The summed E-state index contributed by atoms with van der Waals surface area (Å²) in [5, 5.41) is 7.61. The number of thiophene rings is 1. The number of hydrogen-bond donors (Lipinski definition) is 2. The molecule has 0 atom stereocenters. The van der Waals surface area contributed by atoms with E-state index in [4.69, 9.17) is 4.74 Å². The van der Waals surface area contributed by atoms with Gasteiger partial charge >= 0.3 is 5.97 Å². The minimum atomic E-state index is -0.116. The van der Waals surface area contributed by atoms with Gasteiger partial charge in [-0.3, -0.25) is 0 Å². The van der Waals surface area contributed by atoms with Crippen LogP contribution in [-0.2, 0) is 11.2 Å². The van der Waals surface area contributed by atoms with Gasteiger partial charge in [0.05, 0.1) is 6.17 Å². The molecule has 2 aliphatic rings. The number of carbonyl (C=O) groups is 1. The van der Waals surface area contributed by atoms with Crippen LogP contribution in [0.5, 0.6) is 0 Å². The fourth-order valence-corrected chi connectivity index (χ4v) is 6.67. The Morgan fingerprint density at radius 1 is 0.857 bits per heavy atom. The standard InChI is InChI=1S/C30H52N2O2S/c1-3-5-7-8-9-10-11-12-13-14-24-22-31-29(32-23-24)25-16-18-26(19-17-25)34-30(33)28-21-20-27(35-28)15-6-4-2/h20-21,24-26,29,31-32H,3-19,22-23H2,1-2H3. The van der Waals surface area contributed by atoms with Crippen LogP contribution >= 0.6 is 11.3 Å². The highest BCUT2D eigenvalue weighted by Crippen LogP contribution is 2.30. The van der Waals surface area contributed by atoms with Gasteiger partial charge in [0, 0.05) is 18.0 Å². The minimum absolute atomic E-state index is 0.0860. The Kier molecular flexibility index (Phi) is 13.7. The maximum absolute atomic E-state index is 12.6. The van der Waals surface area contributed by atoms with Crippen LogP contribution in [0.4, 0.5) is 0 Å². The second-order valence-electron chi connectivity index (χ2n) is 11.1. The van der Waals surface area contributed by atoms with Crippen molar-refractivity contribution in [1.29, 1.82) is 0 Å². The van der Waals surface area contributed by atoms with E-state index in [1.54, 1.807) is 11.3 Å². The molecule has 3 rings (SSSR count). The first-order chi connectivity index (χ1) is 17.2. The minimum Gasteiger partial charge on any atom is -0.458 e. The average Bonchev–Trinajstić information content (AvgIpc) is 3.37. The molecule has 1 saturated heterocycles. The summed E-state index contributed by atoms with van der Waals surface area (Å²) in [6.07, 6.45) is 22.3. The van der Waals surface area contributed by atoms with Crippen LogP contribution in [0.25, 0.3) is 0 Å². The number of rotatable bonds is 16. The van der Waals surface area contributed by atoms with E-state index < -0.39 is 0 Å². The lowest BCUT2D eigenvalue weighted by Gasteiger charge is -2.39. The van der Waals surface area contributed by atoms with Crippen LogP contribution in [0.15, 0.2) is 12.1 Å². The smallest absolute Gasteiger partial charge is 0.348 e. The van der Waals surface area contributed by atoms with Gasteiger partial charge in [-0.2, -0.15) is 0 Å². The summed E-state index contributed by atoms with van der Waals surface area (Å²) >= 11 is 1.61. The quantitative estimate of drug-likeness (QED) is 0.178. The van der Waals surface area contributed by atoms with Gasteiger partial charge in [-0.15, -0.1) is 11.3 Å². The average molecular weight is 505 g/mol. The largest absolute Gasteiger partial charge is 0.458 e. The van der Waals surface area contributed by atoms with E-state index in [1.807, 2.05) is 6.07 Å². The molecule has 1 aromatic heterocycles. The van der Waals surface area contributed by atoms with E-state index in [0.717, 1.165) is 56.0 Å². The zero-order chi connectivity index (χ0) is 24.7. The van der Waals surface area contributed by atoms with Gasteiger partial charge < -0.3 is 15.4 Å². The Bertz CT molecular complexity index is 690. The lowest BCUT2D eigenvalue weighted by atomic mass is 9.84. The molecule has 1 aromatic rings. The number of ether oxygens (including phenoxy) is 1. The van der Waals surface area contributed by atoms with Crippen molar-refractivity contribution >= 4 is 17.3 Å². The topological polar surface area (TPSA) is 50.4 Å². The SMILES string of the molecule is CCCCCCCCCCCC1CNC(C2CCC(OC(=O)c3ccc(CCCC)s3)CC2)NC1. The first-order valence-electron chi connectivity index (χ1n) is 15.0. The van der Waals surface area contributed by atoms with E-state index in [2.05, 4.69) is 30.5 Å². The fourth-order valence-electron chi connectivity index (χ4n) is 5.73. The normalized spacial score (nSPS) is 25.0. The number of aryl methyl sites for hydroxylation is 1. The summed E-state index contributed by atoms with van der Waals surface area (Å²) in [5.41, 5.74) is 0. The second-order valence-corrected chi connectivity index (χ2v) is 12.3. The highest BCUT2D eigenvalue weighted by Gasteiger charge is 2.31. The third-order valence-corrected chi connectivity index (χ3v) is 9.20. The molecule has 1 saturated carbocycles.